The Morgan fingerprint density at radius 2 is 2.39 bits per heavy atom. The van der Waals surface area contributed by atoms with E-state index in [1.165, 1.54) is 6.26 Å². The molecule has 0 fully saturated rings. The molecule has 6 heteroatoms. The summed E-state index contributed by atoms with van der Waals surface area (Å²) in [5, 5.41) is 6.59. The number of nitrogens with one attached hydrogen (secondary N) is 1. The van der Waals surface area contributed by atoms with E-state index < -0.39 is 0 Å². The molecule has 2 amide bonds. The highest BCUT2D eigenvalue weighted by molar-refractivity contribution is 5.73. The molecule has 1 aromatic heterocycles. The largest absolute Gasteiger partial charge is 0.377 e. The second-order valence-electron chi connectivity index (χ2n) is 4.02. The van der Waals surface area contributed by atoms with Gasteiger partial charge in [0.1, 0.15) is 12.0 Å². The van der Waals surface area contributed by atoms with Gasteiger partial charge in [-0.3, -0.25) is 0 Å². The first-order valence-electron chi connectivity index (χ1n) is 6.17. The molecule has 1 rings (SSSR count). The summed E-state index contributed by atoms with van der Waals surface area (Å²) < 4.78 is 10.2. The summed E-state index contributed by atoms with van der Waals surface area (Å²) >= 11 is 0. The lowest BCUT2D eigenvalue weighted by atomic mass is 10.3. The molecule has 0 spiro atoms. The van der Waals surface area contributed by atoms with Crippen LogP contribution in [0.2, 0.25) is 0 Å². The number of aromatic nitrogens is 1. The Kier molecular flexibility index (Phi) is 6.21. The molecule has 6 nitrogen and oxygen atoms in total. The average molecular weight is 255 g/mol. The lowest BCUT2D eigenvalue weighted by Crippen LogP contribution is -2.41. The Balaban J connectivity index is 2.31. The minimum atomic E-state index is -0.142. The van der Waals surface area contributed by atoms with Crippen LogP contribution in [0.4, 0.5) is 4.79 Å². The molecule has 1 aromatic rings. The van der Waals surface area contributed by atoms with Crippen LogP contribution < -0.4 is 5.32 Å². The van der Waals surface area contributed by atoms with E-state index in [-0.39, 0.29) is 12.1 Å². The lowest BCUT2D eigenvalue weighted by molar-refractivity contribution is 0.0607. The number of urea groups is 1. The molecule has 0 saturated carbocycles. The smallest absolute Gasteiger partial charge is 0.317 e. The molecule has 0 aliphatic rings. The standard InChI is InChI=1S/C12H21N3O3/c1-4-11(17-5-2)8-13-12(16)15(3)9-10-6-7-18-14-10/h6-7,11H,4-5,8-9H2,1-3H3,(H,13,16)/t11-/m1/s1. The summed E-state index contributed by atoms with van der Waals surface area (Å²) in [6.07, 6.45) is 2.43. The van der Waals surface area contributed by atoms with E-state index in [1.807, 2.05) is 13.8 Å². The fraction of sp³-hybridized carbons (Fsp3) is 0.667. The molecule has 1 atom stereocenters. The predicted molar refractivity (Wildman–Crippen MR) is 67.1 cm³/mol. The average Bonchev–Trinajstić information content (AvgIpc) is 2.86. The zero-order valence-corrected chi connectivity index (χ0v) is 11.2. The van der Waals surface area contributed by atoms with Gasteiger partial charge in [0.25, 0.3) is 0 Å². The molecule has 0 unspecified atom stereocenters. The summed E-state index contributed by atoms with van der Waals surface area (Å²) in [4.78, 5) is 13.3. The van der Waals surface area contributed by atoms with Gasteiger partial charge in [0.05, 0.1) is 12.6 Å². The predicted octanol–water partition coefficient (Wildman–Crippen LogP) is 1.63. The maximum atomic E-state index is 11.8. The topological polar surface area (TPSA) is 67.6 Å². The number of carbonyl (C=O) groups is 1. The van der Waals surface area contributed by atoms with Crippen LogP contribution in [0.15, 0.2) is 16.9 Å². The van der Waals surface area contributed by atoms with Crippen LogP contribution in [-0.2, 0) is 11.3 Å². The summed E-state index contributed by atoms with van der Waals surface area (Å²) in [5.74, 6) is 0. The summed E-state index contributed by atoms with van der Waals surface area (Å²) in [7, 11) is 1.71. The fourth-order valence-electron chi connectivity index (χ4n) is 1.53. The van der Waals surface area contributed by atoms with Gasteiger partial charge in [-0.1, -0.05) is 12.1 Å². The molecule has 102 valence electrons. The van der Waals surface area contributed by atoms with E-state index in [0.717, 1.165) is 12.1 Å². The van der Waals surface area contributed by atoms with Crippen molar-refractivity contribution < 1.29 is 14.1 Å². The van der Waals surface area contributed by atoms with Gasteiger partial charge in [0, 0.05) is 26.3 Å². The van der Waals surface area contributed by atoms with Gasteiger partial charge in [0.2, 0.25) is 0 Å². The molecule has 0 radical (unpaired) electrons. The summed E-state index contributed by atoms with van der Waals surface area (Å²) in [6, 6.07) is 1.59. The lowest BCUT2D eigenvalue weighted by Gasteiger charge is -2.20. The molecule has 0 aliphatic carbocycles. The highest BCUT2D eigenvalue weighted by Crippen LogP contribution is 2.00. The van der Waals surface area contributed by atoms with Gasteiger partial charge in [0.15, 0.2) is 0 Å². The minimum Gasteiger partial charge on any atom is -0.377 e. The third-order valence-electron chi connectivity index (χ3n) is 2.58. The van der Waals surface area contributed by atoms with Crippen LogP contribution >= 0.6 is 0 Å². The van der Waals surface area contributed by atoms with Crippen molar-refractivity contribution in [3.8, 4) is 0 Å². The second-order valence-corrected chi connectivity index (χ2v) is 4.02. The van der Waals surface area contributed by atoms with E-state index in [4.69, 9.17) is 9.26 Å². The number of hydrogen-bond donors (Lipinski definition) is 1. The van der Waals surface area contributed by atoms with E-state index >= 15 is 0 Å². The number of nitrogens with zero attached hydrogens (tertiary/aromatic N) is 2. The van der Waals surface area contributed by atoms with Crippen molar-refractivity contribution in [2.45, 2.75) is 32.9 Å². The number of ether oxygens (including phenoxy) is 1. The number of rotatable bonds is 7. The zero-order valence-electron chi connectivity index (χ0n) is 11.2. The fourth-order valence-corrected chi connectivity index (χ4v) is 1.53. The quantitative estimate of drug-likeness (QED) is 0.804. The maximum absolute atomic E-state index is 11.8. The Hall–Kier alpha value is -1.56. The minimum absolute atomic E-state index is 0.0689. The first kappa shape index (κ1) is 14.5. The highest BCUT2D eigenvalue weighted by Gasteiger charge is 2.12. The van der Waals surface area contributed by atoms with Crippen LogP contribution in [0.5, 0.6) is 0 Å². The van der Waals surface area contributed by atoms with Crippen molar-refractivity contribution in [3.63, 3.8) is 0 Å². The molecule has 0 aliphatic heterocycles. The molecule has 1 heterocycles. The van der Waals surface area contributed by atoms with E-state index in [9.17, 15) is 4.79 Å². The van der Waals surface area contributed by atoms with Crippen LogP contribution in [0.3, 0.4) is 0 Å². The van der Waals surface area contributed by atoms with Crippen LogP contribution in [0, 0.1) is 0 Å². The molecule has 0 bridgehead atoms. The first-order chi connectivity index (χ1) is 8.67. The van der Waals surface area contributed by atoms with Gasteiger partial charge in [-0.25, -0.2) is 4.79 Å². The SMILES string of the molecule is CCO[C@H](CC)CNC(=O)N(C)Cc1ccon1. The van der Waals surface area contributed by atoms with Crippen LogP contribution in [0.25, 0.3) is 0 Å². The van der Waals surface area contributed by atoms with E-state index in [0.29, 0.717) is 19.7 Å². The number of amides is 2. The normalized spacial score (nSPS) is 12.2. The number of hydrogen-bond acceptors (Lipinski definition) is 4. The third-order valence-corrected chi connectivity index (χ3v) is 2.58. The molecule has 1 N–H and O–H groups in total. The Bertz CT molecular complexity index is 340. The van der Waals surface area contributed by atoms with Gasteiger partial charge in [-0.2, -0.15) is 0 Å². The molecular formula is C12H21N3O3. The molecule has 18 heavy (non-hydrogen) atoms. The second kappa shape index (κ2) is 7.71. The van der Waals surface area contributed by atoms with Gasteiger partial charge in [-0.15, -0.1) is 0 Å². The van der Waals surface area contributed by atoms with Crippen molar-refractivity contribution in [1.82, 2.24) is 15.4 Å². The van der Waals surface area contributed by atoms with Gasteiger partial charge >= 0.3 is 6.03 Å². The molecule has 0 saturated heterocycles. The van der Waals surface area contributed by atoms with Crippen LogP contribution in [-0.4, -0.2) is 42.4 Å². The molecular weight excluding hydrogens is 234 g/mol. The van der Waals surface area contributed by atoms with E-state index in [2.05, 4.69) is 10.5 Å². The summed E-state index contributed by atoms with van der Waals surface area (Å²) in [6.45, 7) is 5.58. The first-order valence-corrected chi connectivity index (χ1v) is 6.17. The third kappa shape index (κ3) is 4.75. The Morgan fingerprint density at radius 3 is 2.94 bits per heavy atom. The van der Waals surface area contributed by atoms with Gasteiger partial charge < -0.3 is 19.5 Å². The van der Waals surface area contributed by atoms with Crippen molar-refractivity contribution in [2.75, 3.05) is 20.2 Å². The Labute approximate surface area is 107 Å². The monoisotopic (exact) mass is 255 g/mol. The number of carbonyl (C=O) groups excluding carboxylic acids is 1. The van der Waals surface area contributed by atoms with E-state index in [1.54, 1.807) is 18.0 Å². The zero-order chi connectivity index (χ0) is 13.4. The van der Waals surface area contributed by atoms with Crippen molar-refractivity contribution >= 4 is 6.03 Å². The Morgan fingerprint density at radius 1 is 1.61 bits per heavy atom. The van der Waals surface area contributed by atoms with Crippen LogP contribution in [0.1, 0.15) is 26.0 Å². The van der Waals surface area contributed by atoms with Crippen molar-refractivity contribution in [1.29, 1.82) is 0 Å². The van der Waals surface area contributed by atoms with Gasteiger partial charge in [-0.05, 0) is 13.3 Å². The molecule has 0 aromatic carbocycles. The van der Waals surface area contributed by atoms with Crippen molar-refractivity contribution in [2.24, 2.45) is 0 Å². The highest BCUT2D eigenvalue weighted by atomic mass is 16.5. The maximum Gasteiger partial charge on any atom is 0.317 e. The van der Waals surface area contributed by atoms with Crippen molar-refractivity contribution in [3.05, 3.63) is 18.0 Å². The summed E-state index contributed by atoms with van der Waals surface area (Å²) in [5.41, 5.74) is 0.726.